The number of ether oxygens (including phenoxy) is 1. The molecular weight excluding hydrogens is 539 g/mol. The molecule has 0 aliphatic carbocycles. The zero-order chi connectivity index (χ0) is 29.1. The number of fused-ring (bicyclic) bond motifs is 1. The maximum Gasteiger partial charge on any atom is 0.418 e. The monoisotopic (exact) mass is 569 g/mol. The second-order valence-corrected chi connectivity index (χ2v) is 10.00. The van der Waals surface area contributed by atoms with Gasteiger partial charge in [0.25, 0.3) is 0 Å². The number of alkyl halides is 3. The summed E-state index contributed by atoms with van der Waals surface area (Å²) in [7, 11) is 0. The fourth-order valence-corrected chi connectivity index (χ4v) is 5.13. The summed E-state index contributed by atoms with van der Waals surface area (Å²) in [5, 5.41) is 0. The Kier molecular flexibility index (Phi) is 8.13. The Morgan fingerprint density at radius 1 is 0.951 bits per heavy atom. The molecule has 2 aromatic carbocycles. The zero-order valence-corrected chi connectivity index (χ0v) is 22.5. The Balaban J connectivity index is 1.40. The fraction of sp³-hybridized carbons (Fsp3) is 0.345. The summed E-state index contributed by atoms with van der Waals surface area (Å²) in [6.07, 6.45) is -1.58. The summed E-state index contributed by atoms with van der Waals surface area (Å²) in [6.45, 7) is 5.89. The van der Waals surface area contributed by atoms with E-state index in [1.54, 1.807) is 19.2 Å². The van der Waals surface area contributed by atoms with Crippen molar-refractivity contribution < 1.29 is 22.7 Å². The highest BCUT2D eigenvalue weighted by atomic mass is 19.4. The first-order valence-electron chi connectivity index (χ1n) is 13.3. The van der Waals surface area contributed by atoms with Crippen molar-refractivity contribution >= 4 is 17.0 Å². The van der Waals surface area contributed by atoms with Crippen molar-refractivity contribution in [2.24, 2.45) is 0 Å². The zero-order valence-electron chi connectivity index (χ0n) is 22.5. The molecule has 4 aromatic rings. The quantitative estimate of drug-likeness (QED) is 0.259. The number of halogens is 3. The molecule has 0 atom stereocenters. The summed E-state index contributed by atoms with van der Waals surface area (Å²) in [5.41, 5.74) is -1.55. The number of piperazine rings is 1. The van der Waals surface area contributed by atoms with Gasteiger partial charge in [0, 0.05) is 51.7 Å². The van der Waals surface area contributed by atoms with Crippen LogP contribution < -0.4 is 11.1 Å². The van der Waals surface area contributed by atoms with Gasteiger partial charge in [-0.3, -0.25) is 28.8 Å². The van der Waals surface area contributed by atoms with Crippen LogP contribution in [0.15, 0.2) is 70.5 Å². The molecule has 0 saturated carbocycles. The molecule has 0 bridgehead atoms. The number of hydrogen-bond donors (Lipinski definition) is 1. The SMILES string of the molecule is CCOC(=O)Cn1c(=O)c(=O)[nH]c2cc(C(F)(F)F)c(-n3ccc(CN4CCN(Cc5ccccc5)CC4)c3)cc21. The summed E-state index contributed by atoms with van der Waals surface area (Å²) < 4.78 is 49.6. The molecule has 1 aliphatic rings. The van der Waals surface area contributed by atoms with E-state index in [1.165, 1.54) is 22.4 Å². The molecule has 0 radical (unpaired) electrons. The third-order valence-electron chi connectivity index (χ3n) is 7.14. The number of aromatic amines is 1. The van der Waals surface area contributed by atoms with Gasteiger partial charge in [-0.05, 0) is 36.2 Å². The Morgan fingerprint density at radius 3 is 2.24 bits per heavy atom. The Hall–Kier alpha value is -4.16. The lowest BCUT2D eigenvalue weighted by atomic mass is 10.1. The Bertz CT molecular complexity index is 1650. The van der Waals surface area contributed by atoms with Gasteiger partial charge in [-0.15, -0.1) is 0 Å². The van der Waals surface area contributed by atoms with Gasteiger partial charge >= 0.3 is 23.3 Å². The second-order valence-electron chi connectivity index (χ2n) is 10.00. The molecular formula is C29H30F3N5O4. The van der Waals surface area contributed by atoms with Crippen molar-refractivity contribution in [2.45, 2.75) is 32.7 Å². The number of carbonyl (C=O) groups excluding carboxylic acids is 1. The minimum Gasteiger partial charge on any atom is -0.465 e. The van der Waals surface area contributed by atoms with Gasteiger partial charge in [0.15, 0.2) is 0 Å². The van der Waals surface area contributed by atoms with Gasteiger partial charge in [-0.1, -0.05) is 30.3 Å². The summed E-state index contributed by atoms with van der Waals surface area (Å²) in [5.74, 6) is -0.782. The fourth-order valence-electron chi connectivity index (χ4n) is 5.13. The van der Waals surface area contributed by atoms with Crippen molar-refractivity contribution in [1.29, 1.82) is 0 Å². The highest BCUT2D eigenvalue weighted by Crippen LogP contribution is 2.36. The predicted octanol–water partition coefficient (Wildman–Crippen LogP) is 3.38. The molecule has 216 valence electrons. The van der Waals surface area contributed by atoms with Crippen LogP contribution in [0.25, 0.3) is 16.7 Å². The number of nitrogens with zero attached hydrogens (tertiary/aromatic N) is 4. The number of carbonyl (C=O) groups is 1. The highest BCUT2D eigenvalue weighted by Gasteiger charge is 2.35. The van der Waals surface area contributed by atoms with Gasteiger partial charge in [-0.25, -0.2) is 0 Å². The number of benzene rings is 2. The van der Waals surface area contributed by atoms with E-state index in [1.807, 2.05) is 18.2 Å². The van der Waals surface area contributed by atoms with Crippen LogP contribution in [-0.4, -0.2) is 62.7 Å². The number of esters is 1. The van der Waals surface area contributed by atoms with Crippen molar-refractivity contribution in [2.75, 3.05) is 32.8 Å². The van der Waals surface area contributed by atoms with E-state index in [-0.39, 0.29) is 23.3 Å². The van der Waals surface area contributed by atoms with Crippen LogP contribution in [-0.2, 0) is 35.3 Å². The molecule has 5 rings (SSSR count). The lowest BCUT2D eigenvalue weighted by molar-refractivity contribution is -0.143. The number of H-pyrrole nitrogens is 1. The minimum atomic E-state index is -4.75. The van der Waals surface area contributed by atoms with E-state index >= 15 is 0 Å². The molecule has 3 heterocycles. The van der Waals surface area contributed by atoms with Crippen molar-refractivity contribution in [3.8, 4) is 5.69 Å². The summed E-state index contributed by atoms with van der Waals surface area (Å²) in [4.78, 5) is 43.7. The standard InChI is InChI=1S/C29H30F3N5O4/c1-2-41-26(38)19-37-25-15-24(22(29(30,31)32)14-23(25)33-27(39)28(37)40)36-9-8-21(18-36)17-35-12-10-34(11-13-35)16-20-6-4-3-5-7-20/h3-9,14-15,18H,2,10-13,16-17,19H2,1H3,(H,33,39). The smallest absolute Gasteiger partial charge is 0.418 e. The van der Waals surface area contributed by atoms with Crippen LogP contribution in [0, 0.1) is 0 Å². The average molecular weight is 570 g/mol. The first-order chi connectivity index (χ1) is 19.6. The average Bonchev–Trinajstić information content (AvgIpc) is 3.40. The van der Waals surface area contributed by atoms with Crippen LogP contribution in [0.2, 0.25) is 0 Å². The second kappa shape index (κ2) is 11.8. The molecule has 41 heavy (non-hydrogen) atoms. The van der Waals surface area contributed by atoms with Crippen molar-refractivity contribution in [1.82, 2.24) is 23.9 Å². The topological polar surface area (TPSA) is 92.6 Å². The molecule has 0 unspecified atom stereocenters. The molecule has 1 aliphatic heterocycles. The van der Waals surface area contributed by atoms with Crippen molar-refractivity contribution in [3.05, 3.63) is 98.3 Å². The molecule has 9 nitrogen and oxygen atoms in total. The first kappa shape index (κ1) is 28.4. The number of aromatic nitrogens is 3. The van der Waals surface area contributed by atoms with E-state index < -0.39 is 35.4 Å². The molecule has 1 N–H and O–H groups in total. The van der Waals surface area contributed by atoms with E-state index in [9.17, 15) is 27.6 Å². The first-order valence-corrected chi connectivity index (χ1v) is 13.3. The van der Waals surface area contributed by atoms with Gasteiger partial charge in [0.2, 0.25) is 0 Å². The van der Waals surface area contributed by atoms with E-state index in [0.717, 1.165) is 48.9 Å². The maximum absolute atomic E-state index is 14.2. The third kappa shape index (κ3) is 6.44. The molecule has 0 spiro atoms. The third-order valence-corrected chi connectivity index (χ3v) is 7.14. The van der Waals surface area contributed by atoms with Gasteiger partial charge < -0.3 is 14.3 Å². The summed E-state index contributed by atoms with van der Waals surface area (Å²) >= 11 is 0. The molecule has 1 saturated heterocycles. The largest absolute Gasteiger partial charge is 0.465 e. The van der Waals surface area contributed by atoms with E-state index in [2.05, 4.69) is 26.9 Å². The van der Waals surface area contributed by atoms with Crippen LogP contribution in [0.3, 0.4) is 0 Å². The lowest BCUT2D eigenvalue weighted by Gasteiger charge is -2.34. The Morgan fingerprint density at radius 2 is 1.61 bits per heavy atom. The number of nitrogens with one attached hydrogen (secondary N) is 1. The highest BCUT2D eigenvalue weighted by molar-refractivity contribution is 5.81. The predicted molar refractivity (Wildman–Crippen MR) is 147 cm³/mol. The van der Waals surface area contributed by atoms with Crippen molar-refractivity contribution in [3.63, 3.8) is 0 Å². The number of rotatable bonds is 8. The van der Waals surface area contributed by atoms with Gasteiger partial charge in [0.05, 0.1) is 28.9 Å². The summed E-state index contributed by atoms with van der Waals surface area (Å²) in [6, 6.07) is 14.0. The lowest BCUT2D eigenvalue weighted by Crippen LogP contribution is -2.45. The minimum absolute atomic E-state index is 0.0181. The van der Waals surface area contributed by atoms with Crippen LogP contribution >= 0.6 is 0 Å². The maximum atomic E-state index is 14.2. The van der Waals surface area contributed by atoms with Crippen LogP contribution in [0.5, 0.6) is 0 Å². The number of hydrogen-bond acceptors (Lipinski definition) is 6. The molecule has 1 fully saturated rings. The molecule has 2 aromatic heterocycles. The van der Waals surface area contributed by atoms with Gasteiger partial charge in [0.1, 0.15) is 6.54 Å². The van der Waals surface area contributed by atoms with E-state index in [0.29, 0.717) is 6.54 Å². The van der Waals surface area contributed by atoms with Crippen LogP contribution in [0.4, 0.5) is 13.2 Å². The normalized spacial score (nSPS) is 14.9. The molecule has 0 amide bonds. The van der Waals surface area contributed by atoms with Gasteiger partial charge in [-0.2, -0.15) is 13.2 Å². The van der Waals surface area contributed by atoms with E-state index in [4.69, 9.17) is 4.74 Å². The Labute approximate surface area is 233 Å². The molecule has 12 heteroatoms. The van der Waals surface area contributed by atoms with Crippen LogP contribution in [0.1, 0.15) is 23.6 Å².